The predicted octanol–water partition coefficient (Wildman–Crippen LogP) is 7.71. The zero-order valence-corrected chi connectivity index (χ0v) is 41.8. The minimum Gasteiger partial charge on any atom is -0.462 e. The minimum atomic E-state index is -1.77. The summed E-state index contributed by atoms with van der Waals surface area (Å²) in [5, 5.41) is 72.1. The molecule has 2 aliphatic rings. The van der Waals surface area contributed by atoms with Crippen molar-refractivity contribution >= 4 is 11.9 Å². The molecule has 0 aromatic heterocycles. The van der Waals surface area contributed by atoms with Gasteiger partial charge in [0.1, 0.15) is 55.4 Å². The van der Waals surface area contributed by atoms with Crippen LogP contribution in [0, 0.1) is 0 Å². The molecule has 0 aliphatic carbocycles. The van der Waals surface area contributed by atoms with Crippen molar-refractivity contribution < 1.29 is 73.8 Å². The van der Waals surface area contributed by atoms with Crippen molar-refractivity contribution in [2.24, 2.45) is 0 Å². The normalized spacial score (nSPS) is 26.0. The van der Waals surface area contributed by atoms with Crippen LogP contribution in [0.5, 0.6) is 0 Å². The molecule has 4 unspecified atom stereocenters. The Morgan fingerprint density at radius 3 is 1.47 bits per heavy atom. The number of hydrogen-bond donors (Lipinski definition) is 7. The largest absolute Gasteiger partial charge is 0.462 e. The predicted molar refractivity (Wildman–Crippen MR) is 261 cm³/mol. The van der Waals surface area contributed by atoms with Crippen LogP contribution in [0.15, 0.2) is 36.5 Å². The summed E-state index contributed by atoms with van der Waals surface area (Å²) in [4.78, 5) is 25.8. The lowest BCUT2D eigenvalue weighted by Gasteiger charge is -2.42. The molecule has 0 bridgehead atoms. The number of rotatable bonds is 41. The molecule has 2 heterocycles. The van der Waals surface area contributed by atoms with Gasteiger partial charge in [-0.15, -0.1) is 0 Å². The fourth-order valence-electron chi connectivity index (χ4n) is 8.21. The van der Waals surface area contributed by atoms with E-state index in [2.05, 4.69) is 44.2 Å². The fraction of sp³-hybridized carbons (Fsp3) is 0.849. The average Bonchev–Trinajstić information content (AvgIpc) is 3.33. The van der Waals surface area contributed by atoms with Crippen LogP contribution >= 0.6 is 0 Å². The van der Waals surface area contributed by atoms with Crippen LogP contribution in [0.2, 0.25) is 0 Å². The second-order valence-corrected chi connectivity index (χ2v) is 18.7. The molecule has 0 spiro atoms. The molecule has 0 saturated carbocycles. The Bertz CT molecular complexity index is 1330. The number of unbranched alkanes of at least 4 members (excludes halogenated alkanes) is 21. The molecular formula is C53H94O15. The van der Waals surface area contributed by atoms with Gasteiger partial charge in [-0.2, -0.15) is 0 Å². The highest BCUT2D eigenvalue weighted by molar-refractivity contribution is 5.70. The van der Waals surface area contributed by atoms with E-state index in [1.807, 2.05) is 6.08 Å². The lowest BCUT2D eigenvalue weighted by molar-refractivity contribution is -0.332. The zero-order valence-electron chi connectivity index (χ0n) is 41.8. The van der Waals surface area contributed by atoms with Crippen LogP contribution < -0.4 is 0 Å². The molecule has 68 heavy (non-hydrogen) atoms. The minimum absolute atomic E-state index is 0.133. The standard InChI is InChI=1S/C53H94O15/c1-3-5-7-9-11-13-15-17-19-20-22-24-26-28-30-32-34-36-45(56)66-41(38-63-44(55)35-33-31-29-27-25-23-21-18-16-14-12-10-8-6-4-2)39-64-52-51(62)49(60)47(58)43(68-52)40-65-53-50(61)48(59)46(57)42(37-54)67-53/h11,13,17,19,29,31,41-43,46-54,57-62H,3-10,12,14-16,18,20-28,30,32-40H2,1-2H3/b13-11+,19-17+,31-29+/t41-,42+,43+,46-,47-,48?,49?,50?,51?,52+,53+/m1/s1. The van der Waals surface area contributed by atoms with E-state index in [0.29, 0.717) is 12.8 Å². The summed E-state index contributed by atoms with van der Waals surface area (Å²) in [6.45, 7) is 2.53. The number of carbonyl (C=O) groups is 2. The molecule has 7 N–H and O–H groups in total. The number of aliphatic hydroxyl groups excluding tert-OH is 7. The Labute approximate surface area is 408 Å². The number of aliphatic hydroxyl groups is 7. The molecule has 15 heteroatoms. The number of ether oxygens (including phenoxy) is 6. The maximum absolute atomic E-state index is 13.0. The Morgan fingerprint density at radius 2 is 0.912 bits per heavy atom. The maximum Gasteiger partial charge on any atom is 0.306 e. The van der Waals surface area contributed by atoms with E-state index in [4.69, 9.17) is 28.4 Å². The summed E-state index contributed by atoms with van der Waals surface area (Å²) < 4.78 is 33.5. The molecule has 2 rings (SSSR count). The number of carbonyl (C=O) groups excluding carboxylic acids is 2. The molecular weight excluding hydrogens is 877 g/mol. The van der Waals surface area contributed by atoms with Gasteiger partial charge >= 0.3 is 11.9 Å². The van der Waals surface area contributed by atoms with Gasteiger partial charge in [-0.25, -0.2) is 0 Å². The maximum atomic E-state index is 13.0. The number of allylic oxidation sites excluding steroid dienone is 6. The SMILES string of the molecule is CCCCC/C=C/C/C=C/CCCCCCCCCC(=O)O[C@H](COC(=O)CC/C=C/CCCCCCCCCCCCC)CO[C@H]1O[C@@H](CO[C@H]2O[C@@H](CO)[C@@H](O)C(O)C2O)[C@@H](O)C(O)C1O. The molecule has 2 fully saturated rings. The van der Waals surface area contributed by atoms with Crippen LogP contribution in [0.1, 0.15) is 194 Å². The van der Waals surface area contributed by atoms with E-state index in [1.54, 1.807) is 0 Å². The first-order chi connectivity index (χ1) is 33.0. The summed E-state index contributed by atoms with van der Waals surface area (Å²) in [6.07, 6.45) is 26.1. The van der Waals surface area contributed by atoms with E-state index in [-0.39, 0.29) is 19.4 Å². The number of esters is 2. The van der Waals surface area contributed by atoms with E-state index < -0.39 is 99.3 Å². The van der Waals surface area contributed by atoms with E-state index in [9.17, 15) is 45.3 Å². The van der Waals surface area contributed by atoms with Crippen LogP contribution in [-0.4, -0.2) is 142 Å². The molecule has 2 aliphatic heterocycles. The van der Waals surface area contributed by atoms with Crippen molar-refractivity contribution in [1.29, 1.82) is 0 Å². The van der Waals surface area contributed by atoms with Gasteiger partial charge in [-0.1, -0.05) is 159 Å². The quantitative estimate of drug-likeness (QED) is 0.0177. The zero-order chi connectivity index (χ0) is 49.6. The Balaban J connectivity index is 1.81. The summed E-state index contributed by atoms with van der Waals surface area (Å²) in [7, 11) is 0. The van der Waals surface area contributed by atoms with Gasteiger partial charge in [-0.05, 0) is 57.8 Å². The van der Waals surface area contributed by atoms with E-state index in [0.717, 1.165) is 70.6 Å². The van der Waals surface area contributed by atoms with Crippen LogP contribution in [0.25, 0.3) is 0 Å². The van der Waals surface area contributed by atoms with Crippen LogP contribution in [0.4, 0.5) is 0 Å². The Hall–Kier alpha value is -2.28. The second-order valence-electron chi connectivity index (χ2n) is 18.7. The van der Waals surface area contributed by atoms with Crippen molar-refractivity contribution in [3.05, 3.63) is 36.5 Å². The van der Waals surface area contributed by atoms with Crippen LogP contribution in [0.3, 0.4) is 0 Å². The fourth-order valence-corrected chi connectivity index (χ4v) is 8.21. The third-order valence-electron chi connectivity index (χ3n) is 12.6. The topological polar surface area (TPSA) is 231 Å². The van der Waals surface area contributed by atoms with Crippen molar-refractivity contribution in [2.45, 2.75) is 261 Å². The van der Waals surface area contributed by atoms with Gasteiger partial charge in [-0.3, -0.25) is 9.59 Å². The molecule has 0 aromatic rings. The average molecular weight is 971 g/mol. The highest BCUT2D eigenvalue weighted by Crippen LogP contribution is 2.26. The monoisotopic (exact) mass is 971 g/mol. The molecule has 396 valence electrons. The third-order valence-corrected chi connectivity index (χ3v) is 12.6. The van der Waals surface area contributed by atoms with Gasteiger partial charge in [0.25, 0.3) is 0 Å². The summed E-state index contributed by atoms with van der Waals surface area (Å²) in [6, 6.07) is 0. The molecule has 0 amide bonds. The second kappa shape index (κ2) is 40.3. The van der Waals surface area contributed by atoms with E-state index in [1.165, 1.54) is 83.5 Å². The highest BCUT2D eigenvalue weighted by atomic mass is 16.7. The van der Waals surface area contributed by atoms with E-state index >= 15 is 0 Å². The first kappa shape index (κ1) is 61.8. The third kappa shape index (κ3) is 27.9. The van der Waals surface area contributed by atoms with Crippen molar-refractivity contribution in [3.63, 3.8) is 0 Å². The lowest BCUT2D eigenvalue weighted by atomic mass is 9.98. The Morgan fingerprint density at radius 1 is 0.471 bits per heavy atom. The first-order valence-electron chi connectivity index (χ1n) is 26.6. The van der Waals surface area contributed by atoms with Crippen molar-refractivity contribution in [1.82, 2.24) is 0 Å². The molecule has 2 saturated heterocycles. The molecule has 11 atom stereocenters. The van der Waals surface area contributed by atoms with Crippen LogP contribution in [-0.2, 0) is 38.0 Å². The highest BCUT2D eigenvalue weighted by Gasteiger charge is 2.47. The summed E-state index contributed by atoms with van der Waals surface area (Å²) in [5.74, 6) is -0.987. The van der Waals surface area contributed by atoms with Crippen molar-refractivity contribution in [3.8, 4) is 0 Å². The Kier molecular flexibility index (Phi) is 36.7. The van der Waals surface area contributed by atoms with Gasteiger partial charge in [0.2, 0.25) is 0 Å². The van der Waals surface area contributed by atoms with Crippen molar-refractivity contribution in [2.75, 3.05) is 26.4 Å². The lowest BCUT2D eigenvalue weighted by Crippen LogP contribution is -2.61. The van der Waals surface area contributed by atoms with Gasteiger partial charge in [0, 0.05) is 12.8 Å². The summed E-state index contributed by atoms with van der Waals surface area (Å²) in [5.41, 5.74) is 0. The van der Waals surface area contributed by atoms with Gasteiger partial charge in [0.05, 0.1) is 19.8 Å². The molecule has 0 radical (unpaired) electrons. The number of hydrogen-bond acceptors (Lipinski definition) is 15. The van der Waals surface area contributed by atoms with Gasteiger partial charge in [0.15, 0.2) is 18.7 Å². The molecule has 0 aromatic carbocycles. The molecule has 15 nitrogen and oxygen atoms in total. The first-order valence-corrected chi connectivity index (χ1v) is 26.6. The summed E-state index contributed by atoms with van der Waals surface area (Å²) >= 11 is 0. The smallest absolute Gasteiger partial charge is 0.306 e. The van der Waals surface area contributed by atoms with Gasteiger partial charge < -0.3 is 64.2 Å².